The molecule has 1 atom stereocenters. The van der Waals surface area contributed by atoms with Crippen molar-refractivity contribution in [3.8, 4) is 0 Å². The van der Waals surface area contributed by atoms with Crippen molar-refractivity contribution in [1.29, 1.82) is 0 Å². The van der Waals surface area contributed by atoms with Crippen molar-refractivity contribution in [3.05, 3.63) is 48.0 Å². The number of fused-ring (bicyclic) bond motifs is 1. The molecule has 2 aromatic rings. The molecule has 0 amide bonds. The first-order valence-electron chi connectivity index (χ1n) is 7.16. The van der Waals surface area contributed by atoms with Crippen LogP contribution in [0.3, 0.4) is 0 Å². The molecule has 1 aliphatic carbocycles. The minimum absolute atomic E-state index is 0.280. The molecule has 2 nitrogen and oxygen atoms in total. The lowest BCUT2D eigenvalue weighted by atomic mass is 9.77. The number of benzene rings is 2. The largest absolute Gasteiger partial charge is 0.388 e. The van der Waals surface area contributed by atoms with Crippen LogP contribution in [0.5, 0.6) is 0 Å². The Labute approximate surface area is 114 Å². The Bertz CT molecular complexity index is 572. The third kappa shape index (κ3) is 2.38. The van der Waals surface area contributed by atoms with E-state index in [-0.39, 0.29) is 6.04 Å². The highest BCUT2D eigenvalue weighted by molar-refractivity contribution is 5.83. The van der Waals surface area contributed by atoms with Gasteiger partial charge in [-0.15, -0.1) is 0 Å². The van der Waals surface area contributed by atoms with Gasteiger partial charge in [-0.1, -0.05) is 55.7 Å². The molecule has 3 rings (SSSR count). The standard InChI is InChI=1S/C17H21NO/c18-16(17(19)10-4-1-5-11-17)15-9-8-13-6-2-3-7-14(13)12-15/h2-3,6-9,12,16,19H,1,4-5,10-11,18H2/t16-/m1/s1. The fourth-order valence-electron chi connectivity index (χ4n) is 3.19. The average Bonchev–Trinajstić information content (AvgIpc) is 2.47. The highest BCUT2D eigenvalue weighted by atomic mass is 16.3. The van der Waals surface area contributed by atoms with Crippen molar-refractivity contribution < 1.29 is 5.11 Å². The van der Waals surface area contributed by atoms with E-state index < -0.39 is 5.60 Å². The second-order valence-corrected chi connectivity index (χ2v) is 5.75. The monoisotopic (exact) mass is 255 g/mol. The zero-order valence-corrected chi connectivity index (χ0v) is 11.2. The summed E-state index contributed by atoms with van der Waals surface area (Å²) >= 11 is 0. The number of hydrogen-bond acceptors (Lipinski definition) is 2. The number of hydrogen-bond donors (Lipinski definition) is 2. The van der Waals surface area contributed by atoms with Gasteiger partial charge in [0.15, 0.2) is 0 Å². The van der Waals surface area contributed by atoms with Crippen LogP contribution < -0.4 is 5.73 Å². The van der Waals surface area contributed by atoms with Crippen molar-refractivity contribution in [1.82, 2.24) is 0 Å². The first-order valence-corrected chi connectivity index (χ1v) is 7.16. The maximum absolute atomic E-state index is 10.7. The van der Waals surface area contributed by atoms with Gasteiger partial charge in [0, 0.05) is 0 Å². The highest BCUT2D eigenvalue weighted by Crippen LogP contribution is 2.37. The van der Waals surface area contributed by atoms with Gasteiger partial charge in [0.1, 0.15) is 0 Å². The Hall–Kier alpha value is -1.38. The first kappa shape index (κ1) is 12.6. The number of aliphatic hydroxyl groups is 1. The van der Waals surface area contributed by atoms with Crippen molar-refractivity contribution >= 4 is 10.8 Å². The summed E-state index contributed by atoms with van der Waals surface area (Å²) in [5, 5.41) is 13.1. The van der Waals surface area contributed by atoms with E-state index in [2.05, 4.69) is 30.3 Å². The van der Waals surface area contributed by atoms with E-state index in [1.807, 2.05) is 12.1 Å². The molecule has 0 spiro atoms. The molecule has 19 heavy (non-hydrogen) atoms. The molecule has 2 heteroatoms. The summed E-state index contributed by atoms with van der Waals surface area (Å²) < 4.78 is 0. The summed E-state index contributed by atoms with van der Waals surface area (Å²) in [4.78, 5) is 0. The van der Waals surface area contributed by atoms with Crippen LogP contribution in [0, 0.1) is 0 Å². The Morgan fingerprint density at radius 3 is 2.37 bits per heavy atom. The van der Waals surface area contributed by atoms with Gasteiger partial charge < -0.3 is 10.8 Å². The van der Waals surface area contributed by atoms with E-state index >= 15 is 0 Å². The molecule has 0 aromatic heterocycles. The first-order chi connectivity index (χ1) is 9.19. The minimum atomic E-state index is -0.722. The normalized spacial score (nSPS) is 20.3. The average molecular weight is 255 g/mol. The fraction of sp³-hybridized carbons (Fsp3) is 0.412. The summed E-state index contributed by atoms with van der Waals surface area (Å²) in [6.07, 6.45) is 5.02. The summed E-state index contributed by atoms with van der Waals surface area (Å²) in [5.74, 6) is 0. The molecule has 1 aliphatic rings. The van der Waals surface area contributed by atoms with Gasteiger partial charge in [-0.2, -0.15) is 0 Å². The van der Waals surface area contributed by atoms with Crippen molar-refractivity contribution in [2.24, 2.45) is 5.73 Å². The molecular formula is C17H21NO. The molecule has 100 valence electrons. The fourth-order valence-corrected chi connectivity index (χ4v) is 3.19. The van der Waals surface area contributed by atoms with E-state index in [9.17, 15) is 5.11 Å². The van der Waals surface area contributed by atoms with Crippen LogP contribution in [0.15, 0.2) is 42.5 Å². The van der Waals surface area contributed by atoms with Crippen LogP contribution >= 0.6 is 0 Å². The lowest BCUT2D eigenvalue weighted by Crippen LogP contribution is -2.42. The van der Waals surface area contributed by atoms with Crippen LogP contribution in [0.1, 0.15) is 43.7 Å². The van der Waals surface area contributed by atoms with Crippen molar-refractivity contribution in [2.45, 2.75) is 43.7 Å². The zero-order chi connectivity index (χ0) is 13.3. The molecule has 0 heterocycles. The van der Waals surface area contributed by atoms with E-state index in [1.54, 1.807) is 0 Å². The molecule has 1 fully saturated rings. The quantitative estimate of drug-likeness (QED) is 0.862. The van der Waals surface area contributed by atoms with Crippen LogP contribution in [0.2, 0.25) is 0 Å². The van der Waals surface area contributed by atoms with Gasteiger partial charge in [0.05, 0.1) is 11.6 Å². The Morgan fingerprint density at radius 1 is 0.947 bits per heavy atom. The molecular weight excluding hydrogens is 234 g/mol. The summed E-state index contributed by atoms with van der Waals surface area (Å²) in [6, 6.07) is 14.3. The maximum atomic E-state index is 10.7. The molecule has 0 unspecified atom stereocenters. The minimum Gasteiger partial charge on any atom is -0.388 e. The lowest BCUT2D eigenvalue weighted by molar-refractivity contribution is -0.0202. The van der Waals surface area contributed by atoms with Gasteiger partial charge in [0.25, 0.3) is 0 Å². The third-order valence-corrected chi connectivity index (χ3v) is 4.43. The maximum Gasteiger partial charge on any atom is 0.0839 e. The Balaban J connectivity index is 1.94. The highest BCUT2D eigenvalue weighted by Gasteiger charge is 2.36. The van der Waals surface area contributed by atoms with E-state index in [0.717, 1.165) is 31.2 Å². The second kappa shape index (κ2) is 4.95. The molecule has 0 saturated heterocycles. The Kier molecular flexibility index (Phi) is 3.29. The SMILES string of the molecule is N[C@H](c1ccc2ccccc2c1)C1(O)CCCCC1. The lowest BCUT2D eigenvalue weighted by Gasteiger charge is -2.37. The molecule has 0 aliphatic heterocycles. The molecule has 2 aromatic carbocycles. The number of rotatable bonds is 2. The van der Waals surface area contributed by atoms with Gasteiger partial charge in [0.2, 0.25) is 0 Å². The number of nitrogens with two attached hydrogens (primary N) is 1. The molecule has 0 radical (unpaired) electrons. The summed E-state index contributed by atoms with van der Waals surface area (Å²) in [6.45, 7) is 0. The van der Waals surface area contributed by atoms with Crippen LogP contribution in [0.25, 0.3) is 10.8 Å². The smallest absolute Gasteiger partial charge is 0.0839 e. The molecule has 1 saturated carbocycles. The predicted octanol–water partition coefficient (Wildman–Crippen LogP) is 3.53. The Morgan fingerprint density at radius 2 is 1.63 bits per heavy atom. The summed E-state index contributed by atoms with van der Waals surface area (Å²) in [5.41, 5.74) is 6.67. The van der Waals surface area contributed by atoms with E-state index in [4.69, 9.17) is 5.73 Å². The van der Waals surface area contributed by atoms with Crippen LogP contribution in [-0.2, 0) is 0 Å². The van der Waals surface area contributed by atoms with Crippen molar-refractivity contribution in [3.63, 3.8) is 0 Å². The predicted molar refractivity (Wildman–Crippen MR) is 78.9 cm³/mol. The topological polar surface area (TPSA) is 46.2 Å². The van der Waals surface area contributed by atoms with Crippen molar-refractivity contribution in [2.75, 3.05) is 0 Å². The molecule has 0 bridgehead atoms. The van der Waals surface area contributed by atoms with Crippen LogP contribution in [0.4, 0.5) is 0 Å². The van der Waals surface area contributed by atoms with Gasteiger partial charge in [-0.3, -0.25) is 0 Å². The zero-order valence-electron chi connectivity index (χ0n) is 11.2. The van der Waals surface area contributed by atoms with Gasteiger partial charge >= 0.3 is 0 Å². The van der Waals surface area contributed by atoms with Gasteiger partial charge in [-0.25, -0.2) is 0 Å². The second-order valence-electron chi connectivity index (χ2n) is 5.75. The van der Waals surface area contributed by atoms with E-state index in [1.165, 1.54) is 17.2 Å². The third-order valence-electron chi connectivity index (χ3n) is 4.43. The molecule has 3 N–H and O–H groups in total. The van der Waals surface area contributed by atoms with E-state index in [0.29, 0.717) is 0 Å². The van der Waals surface area contributed by atoms with Gasteiger partial charge in [-0.05, 0) is 35.2 Å². The summed E-state index contributed by atoms with van der Waals surface area (Å²) in [7, 11) is 0. The van der Waals surface area contributed by atoms with Crippen LogP contribution in [-0.4, -0.2) is 10.7 Å².